The van der Waals surface area contributed by atoms with Crippen LogP contribution in [0.25, 0.3) is 0 Å². The predicted molar refractivity (Wildman–Crippen MR) is 131 cm³/mol. The molecule has 0 saturated heterocycles. The fourth-order valence-electron chi connectivity index (χ4n) is 3.45. The number of fused-ring (bicyclic) bond motifs is 9. The van der Waals surface area contributed by atoms with Gasteiger partial charge in [0.2, 0.25) is 17.7 Å². The Morgan fingerprint density at radius 3 is 2.67 bits per heavy atom. The van der Waals surface area contributed by atoms with E-state index in [0.29, 0.717) is 23.4 Å². The molecule has 1 aromatic carbocycles. The van der Waals surface area contributed by atoms with Gasteiger partial charge in [0.1, 0.15) is 18.2 Å². The average molecular weight is 492 g/mol. The maximum Gasteiger partial charge on any atom is 0.310 e. The number of nitrogens with one attached hydrogen (secondary N) is 3. The van der Waals surface area contributed by atoms with Gasteiger partial charge in [0, 0.05) is 17.2 Å². The molecule has 2 heterocycles. The summed E-state index contributed by atoms with van der Waals surface area (Å²) >= 11 is 0. The molecule has 2 aliphatic rings. The average Bonchev–Trinajstić information content (AvgIpc) is 2.74. The third kappa shape index (κ3) is 7.82. The van der Waals surface area contributed by atoms with Crippen LogP contribution in [-0.4, -0.2) is 53.4 Å². The van der Waals surface area contributed by atoms with Gasteiger partial charge in [-0.05, 0) is 36.1 Å². The summed E-state index contributed by atoms with van der Waals surface area (Å²) in [4.78, 5) is 51.4. The highest BCUT2D eigenvalue weighted by atomic mass is 33.1. The summed E-state index contributed by atoms with van der Waals surface area (Å²) in [7, 11) is 3.09. The normalized spacial score (nSPS) is 25.5. The maximum atomic E-state index is 13.1. The number of benzene rings is 1. The lowest BCUT2D eigenvalue weighted by molar-refractivity contribution is -0.147. The molecule has 3 rings (SSSR count). The molecule has 0 spiro atoms. The summed E-state index contributed by atoms with van der Waals surface area (Å²) in [5, 5.41) is 8.40. The van der Waals surface area contributed by atoms with Crippen molar-refractivity contribution in [1.82, 2.24) is 10.6 Å². The summed E-state index contributed by atoms with van der Waals surface area (Å²) in [6.45, 7) is 3.64. The van der Waals surface area contributed by atoms with Crippen molar-refractivity contribution in [3.05, 3.63) is 42.0 Å². The van der Waals surface area contributed by atoms with Gasteiger partial charge in [0.15, 0.2) is 0 Å². The largest absolute Gasteiger partial charge is 0.457 e. The van der Waals surface area contributed by atoms with Crippen LogP contribution in [0.3, 0.4) is 0 Å². The van der Waals surface area contributed by atoms with E-state index in [0.717, 1.165) is 5.75 Å². The van der Waals surface area contributed by atoms with Gasteiger partial charge in [0.25, 0.3) is 0 Å². The Kier molecular flexibility index (Phi) is 9.25. The molecule has 0 aromatic heterocycles. The molecule has 3 N–H and O–H groups in total. The Morgan fingerprint density at radius 2 is 1.88 bits per heavy atom. The predicted octanol–water partition coefficient (Wildman–Crippen LogP) is 2.45. The summed E-state index contributed by atoms with van der Waals surface area (Å²) in [5.41, 5.74) is 1.20. The van der Waals surface area contributed by atoms with Gasteiger partial charge < -0.3 is 20.7 Å². The first-order chi connectivity index (χ1) is 15.8. The third-order valence-electron chi connectivity index (χ3n) is 5.15. The minimum absolute atomic E-state index is 0.0101. The highest BCUT2D eigenvalue weighted by molar-refractivity contribution is 8.76. The molecule has 10 heteroatoms. The van der Waals surface area contributed by atoms with E-state index in [1.54, 1.807) is 41.1 Å². The summed E-state index contributed by atoms with van der Waals surface area (Å²) in [6.07, 6.45) is 3.52. The minimum atomic E-state index is -0.827. The van der Waals surface area contributed by atoms with E-state index >= 15 is 0 Å². The number of allylic oxidation sites excluding steroid dienone is 1. The zero-order chi connectivity index (χ0) is 23.8. The summed E-state index contributed by atoms with van der Waals surface area (Å²) < 4.78 is 5.59. The van der Waals surface area contributed by atoms with E-state index in [1.165, 1.54) is 10.8 Å². The molecule has 3 amide bonds. The second-order valence-electron chi connectivity index (χ2n) is 8.27. The topological polar surface area (TPSA) is 114 Å². The SMILES string of the molecule is CC(C)[C@H]1NC(=O)C[C@H]2C=CCCSSC[C@@H](NC1=O)C(=O)Nc1cccc(c1)CC(=O)O2. The molecule has 2 aliphatic heterocycles. The van der Waals surface area contributed by atoms with E-state index < -0.39 is 36.0 Å². The van der Waals surface area contributed by atoms with Crippen molar-refractivity contribution >= 4 is 51.0 Å². The van der Waals surface area contributed by atoms with Crippen LogP contribution in [0, 0.1) is 5.92 Å². The Hall–Kier alpha value is -2.46. The van der Waals surface area contributed by atoms with Crippen molar-refractivity contribution in [2.45, 2.75) is 51.3 Å². The molecule has 4 bridgehead atoms. The Bertz CT molecular complexity index is 921. The van der Waals surface area contributed by atoms with Crippen LogP contribution < -0.4 is 16.0 Å². The van der Waals surface area contributed by atoms with E-state index in [9.17, 15) is 19.2 Å². The van der Waals surface area contributed by atoms with Crippen LogP contribution in [-0.2, 0) is 30.3 Å². The molecule has 8 nitrogen and oxygen atoms in total. The van der Waals surface area contributed by atoms with Gasteiger partial charge in [-0.1, -0.05) is 53.6 Å². The first-order valence-corrected chi connectivity index (χ1v) is 13.4. The second-order valence-corrected chi connectivity index (χ2v) is 10.9. The van der Waals surface area contributed by atoms with Crippen LogP contribution in [0.5, 0.6) is 0 Å². The van der Waals surface area contributed by atoms with Gasteiger partial charge in [-0.25, -0.2) is 0 Å². The van der Waals surface area contributed by atoms with E-state index in [-0.39, 0.29) is 24.7 Å². The Balaban J connectivity index is 2.00. The van der Waals surface area contributed by atoms with Gasteiger partial charge in [-0.2, -0.15) is 0 Å². The molecule has 0 fully saturated rings. The van der Waals surface area contributed by atoms with Crippen molar-refractivity contribution in [3.63, 3.8) is 0 Å². The van der Waals surface area contributed by atoms with Crippen molar-refractivity contribution in [2.24, 2.45) is 5.92 Å². The molecule has 0 saturated carbocycles. The van der Waals surface area contributed by atoms with Gasteiger partial charge >= 0.3 is 5.97 Å². The fourth-order valence-corrected chi connectivity index (χ4v) is 5.60. The molecule has 3 atom stereocenters. The third-order valence-corrected chi connectivity index (χ3v) is 7.59. The van der Waals surface area contributed by atoms with E-state index in [4.69, 9.17) is 4.74 Å². The smallest absolute Gasteiger partial charge is 0.310 e. The molecule has 0 radical (unpaired) electrons. The second kappa shape index (κ2) is 12.1. The molecule has 33 heavy (non-hydrogen) atoms. The summed E-state index contributed by atoms with van der Waals surface area (Å²) in [5.74, 6) is -0.730. The van der Waals surface area contributed by atoms with Crippen LogP contribution in [0.4, 0.5) is 5.69 Å². The highest BCUT2D eigenvalue weighted by Gasteiger charge is 2.30. The molecular weight excluding hydrogens is 462 g/mol. The quantitative estimate of drug-likeness (QED) is 0.314. The number of rotatable bonds is 1. The molecule has 1 aromatic rings. The number of carbonyl (C=O) groups is 4. The number of anilines is 1. The van der Waals surface area contributed by atoms with Gasteiger partial charge in [-0.15, -0.1) is 0 Å². The lowest BCUT2D eigenvalue weighted by Gasteiger charge is -2.26. The van der Waals surface area contributed by atoms with Crippen molar-refractivity contribution in [1.29, 1.82) is 0 Å². The lowest BCUT2D eigenvalue weighted by atomic mass is 10.0. The van der Waals surface area contributed by atoms with Gasteiger partial charge in [-0.3, -0.25) is 19.2 Å². The zero-order valence-corrected chi connectivity index (χ0v) is 20.3. The number of hydrogen-bond acceptors (Lipinski definition) is 7. The number of ether oxygens (including phenoxy) is 1. The van der Waals surface area contributed by atoms with E-state index in [1.807, 2.05) is 19.9 Å². The number of hydrogen-bond donors (Lipinski definition) is 3. The van der Waals surface area contributed by atoms with Crippen molar-refractivity contribution in [2.75, 3.05) is 16.8 Å². The minimum Gasteiger partial charge on any atom is -0.457 e. The van der Waals surface area contributed by atoms with E-state index in [2.05, 4.69) is 16.0 Å². The maximum absolute atomic E-state index is 13.1. The number of esters is 1. The van der Waals surface area contributed by atoms with Crippen LogP contribution in [0.2, 0.25) is 0 Å². The zero-order valence-electron chi connectivity index (χ0n) is 18.7. The highest BCUT2D eigenvalue weighted by Crippen LogP contribution is 2.24. The Morgan fingerprint density at radius 1 is 1.06 bits per heavy atom. The lowest BCUT2D eigenvalue weighted by Crippen LogP contribution is -2.55. The first-order valence-electron chi connectivity index (χ1n) is 10.9. The first kappa shape index (κ1) is 25.2. The molecule has 178 valence electrons. The Labute approximate surface area is 201 Å². The van der Waals surface area contributed by atoms with Crippen LogP contribution in [0.15, 0.2) is 36.4 Å². The molecule has 0 unspecified atom stereocenters. The standard InChI is InChI=1S/C23H29N3O5S2/c1-14(2)21-23(30)25-18-13-33-32-9-4-3-8-17(12-19(27)26-21)31-20(28)11-15-6-5-7-16(10-15)24-22(18)29/h3,5-8,10,14,17-18,21H,4,9,11-13H2,1-2H3,(H,24,29)(H,25,30)(H,26,27)/t17-,18-,21-/m1/s1. The van der Waals surface area contributed by atoms with Gasteiger partial charge in [0.05, 0.1) is 12.8 Å². The monoisotopic (exact) mass is 491 g/mol. The van der Waals surface area contributed by atoms with Crippen molar-refractivity contribution in [3.8, 4) is 0 Å². The molecular formula is C23H29N3O5S2. The molecule has 0 aliphatic carbocycles. The van der Waals surface area contributed by atoms with Crippen LogP contribution in [0.1, 0.15) is 32.3 Å². The van der Waals surface area contributed by atoms with Crippen molar-refractivity contribution < 1.29 is 23.9 Å². The number of carbonyl (C=O) groups excluding carboxylic acids is 4. The van der Waals surface area contributed by atoms with Crippen LogP contribution >= 0.6 is 21.6 Å². The summed E-state index contributed by atoms with van der Waals surface area (Å²) in [6, 6.07) is 5.33. The number of amides is 3. The fraction of sp³-hybridized carbons (Fsp3) is 0.478.